The van der Waals surface area contributed by atoms with Crippen molar-refractivity contribution in [3.63, 3.8) is 0 Å². The molecule has 4 rings (SSSR count). The van der Waals surface area contributed by atoms with Gasteiger partial charge in [-0.1, -0.05) is 23.7 Å². The largest absolute Gasteiger partial charge is 0.507 e. The van der Waals surface area contributed by atoms with Gasteiger partial charge in [-0.3, -0.25) is 9.59 Å². The summed E-state index contributed by atoms with van der Waals surface area (Å²) in [6, 6.07) is 14.6. The highest BCUT2D eigenvalue weighted by Gasteiger charge is 2.46. The van der Waals surface area contributed by atoms with Gasteiger partial charge in [0, 0.05) is 15.5 Å². The molecule has 3 aromatic rings. The number of halogens is 1. The van der Waals surface area contributed by atoms with Crippen molar-refractivity contribution in [1.29, 1.82) is 0 Å². The van der Waals surface area contributed by atoms with Crippen LogP contribution in [-0.4, -0.2) is 35.9 Å². The number of rotatable bonds is 6. The van der Waals surface area contributed by atoms with Crippen LogP contribution in [0.15, 0.2) is 65.6 Å². The number of aliphatic hydroxyl groups is 1. The number of benzene rings is 2. The van der Waals surface area contributed by atoms with E-state index in [9.17, 15) is 14.7 Å². The van der Waals surface area contributed by atoms with Crippen LogP contribution in [0.4, 0.5) is 0 Å². The molecule has 1 fully saturated rings. The van der Waals surface area contributed by atoms with E-state index in [-0.39, 0.29) is 17.9 Å². The van der Waals surface area contributed by atoms with Gasteiger partial charge in [-0.15, -0.1) is 11.3 Å². The Morgan fingerprint density at radius 2 is 1.78 bits per heavy atom. The van der Waals surface area contributed by atoms with E-state index in [2.05, 4.69) is 0 Å². The number of Topliss-reactive ketones (excluding diaryl/α,β-unsaturated/α-hetero) is 1. The summed E-state index contributed by atoms with van der Waals surface area (Å²) in [6.45, 7) is 0.235. The number of hydrogen-bond donors (Lipinski definition) is 1. The van der Waals surface area contributed by atoms with Gasteiger partial charge in [0.15, 0.2) is 11.5 Å². The molecule has 0 saturated carbocycles. The smallest absolute Gasteiger partial charge is 0.295 e. The van der Waals surface area contributed by atoms with Gasteiger partial charge in [0.25, 0.3) is 11.7 Å². The molecule has 1 saturated heterocycles. The number of amides is 1. The fraction of sp³-hybridized carbons (Fsp3) is 0.167. The van der Waals surface area contributed by atoms with E-state index in [1.165, 1.54) is 30.5 Å². The first-order chi connectivity index (χ1) is 15.4. The van der Waals surface area contributed by atoms with E-state index in [0.717, 1.165) is 4.88 Å². The number of ketones is 1. The summed E-state index contributed by atoms with van der Waals surface area (Å²) in [7, 11) is 3.04. The van der Waals surface area contributed by atoms with E-state index >= 15 is 0 Å². The van der Waals surface area contributed by atoms with Gasteiger partial charge in [-0.25, -0.2) is 0 Å². The van der Waals surface area contributed by atoms with Crippen LogP contribution < -0.4 is 9.47 Å². The Kier molecular flexibility index (Phi) is 6.21. The Balaban J connectivity index is 1.89. The molecule has 0 spiro atoms. The third-order valence-corrected chi connectivity index (χ3v) is 6.40. The van der Waals surface area contributed by atoms with E-state index in [1.807, 2.05) is 17.5 Å². The molecule has 32 heavy (non-hydrogen) atoms. The van der Waals surface area contributed by atoms with Crippen molar-refractivity contribution >= 4 is 40.4 Å². The highest BCUT2D eigenvalue weighted by atomic mass is 35.5. The molecule has 1 amide bonds. The standard InChI is InChI=1S/C24H20ClNO5S/c1-30-18-10-7-15(12-19(18)31-2)21-20(22(27)14-5-8-16(25)9-6-14)23(28)24(29)26(21)13-17-4-3-11-32-17/h3-12,21,27H,13H2,1-2H3/b22-20-. The molecule has 1 unspecified atom stereocenters. The van der Waals surface area contributed by atoms with E-state index in [1.54, 1.807) is 42.5 Å². The van der Waals surface area contributed by atoms with Crippen molar-refractivity contribution in [3.05, 3.63) is 86.6 Å². The maximum absolute atomic E-state index is 13.1. The van der Waals surface area contributed by atoms with Crippen LogP contribution in [0.1, 0.15) is 22.0 Å². The molecule has 1 atom stereocenters. The molecule has 0 radical (unpaired) electrons. The maximum atomic E-state index is 13.1. The Labute approximate surface area is 194 Å². The van der Waals surface area contributed by atoms with E-state index < -0.39 is 17.7 Å². The lowest BCUT2D eigenvalue weighted by Crippen LogP contribution is -2.28. The van der Waals surface area contributed by atoms with Crippen LogP contribution in [0.5, 0.6) is 11.5 Å². The molecule has 6 nitrogen and oxygen atoms in total. The Bertz CT molecular complexity index is 1190. The summed E-state index contributed by atoms with van der Waals surface area (Å²) >= 11 is 7.45. The average molecular weight is 470 g/mol. The quantitative estimate of drug-likeness (QED) is 0.311. The molecule has 2 aromatic carbocycles. The van der Waals surface area contributed by atoms with Crippen LogP contribution in [-0.2, 0) is 16.1 Å². The number of nitrogens with zero attached hydrogens (tertiary/aromatic N) is 1. The summed E-state index contributed by atoms with van der Waals surface area (Å²) in [4.78, 5) is 28.5. The minimum atomic E-state index is -0.799. The molecule has 8 heteroatoms. The zero-order valence-corrected chi connectivity index (χ0v) is 18.9. The Hall–Kier alpha value is -3.29. The first kappa shape index (κ1) is 21.9. The average Bonchev–Trinajstić information content (AvgIpc) is 3.41. The molecule has 1 aliphatic heterocycles. The molecule has 1 N–H and O–H groups in total. The van der Waals surface area contributed by atoms with Crippen LogP contribution in [0.3, 0.4) is 0 Å². The number of carbonyl (C=O) groups excluding carboxylic acids is 2. The van der Waals surface area contributed by atoms with Crippen molar-refractivity contribution in [1.82, 2.24) is 4.90 Å². The lowest BCUT2D eigenvalue weighted by molar-refractivity contribution is -0.140. The number of methoxy groups -OCH3 is 2. The molecule has 0 aliphatic carbocycles. The second kappa shape index (κ2) is 9.06. The first-order valence-electron chi connectivity index (χ1n) is 9.73. The normalized spacial score (nSPS) is 17.6. The second-order valence-corrected chi connectivity index (χ2v) is 8.60. The van der Waals surface area contributed by atoms with Gasteiger partial charge in [-0.2, -0.15) is 0 Å². The SMILES string of the molecule is COc1ccc(C2/C(=C(/O)c3ccc(Cl)cc3)C(=O)C(=O)N2Cc2cccs2)cc1OC. The lowest BCUT2D eigenvalue weighted by Gasteiger charge is -2.25. The maximum Gasteiger partial charge on any atom is 0.295 e. The van der Waals surface area contributed by atoms with Gasteiger partial charge < -0.3 is 19.5 Å². The molecular formula is C24H20ClNO5S. The zero-order chi connectivity index (χ0) is 22.8. The number of aliphatic hydroxyl groups excluding tert-OH is 1. The Morgan fingerprint density at radius 3 is 2.41 bits per heavy atom. The third-order valence-electron chi connectivity index (χ3n) is 5.29. The van der Waals surface area contributed by atoms with Crippen LogP contribution in [0, 0.1) is 0 Å². The van der Waals surface area contributed by atoms with Crippen LogP contribution >= 0.6 is 22.9 Å². The fourth-order valence-electron chi connectivity index (χ4n) is 3.75. The van der Waals surface area contributed by atoms with Crippen LogP contribution in [0.25, 0.3) is 5.76 Å². The summed E-state index contributed by atoms with van der Waals surface area (Å²) in [5, 5.41) is 13.5. The highest BCUT2D eigenvalue weighted by molar-refractivity contribution is 7.09. The summed E-state index contributed by atoms with van der Waals surface area (Å²) in [6.07, 6.45) is 0. The van der Waals surface area contributed by atoms with Crippen molar-refractivity contribution in [3.8, 4) is 11.5 Å². The number of thiophene rings is 1. The lowest BCUT2D eigenvalue weighted by atomic mass is 9.95. The molecule has 164 valence electrons. The minimum absolute atomic E-state index is 0.0149. The number of likely N-dealkylation sites (tertiary alicyclic amines) is 1. The van der Waals surface area contributed by atoms with Gasteiger partial charge in [0.1, 0.15) is 5.76 Å². The molecular weight excluding hydrogens is 450 g/mol. The summed E-state index contributed by atoms with van der Waals surface area (Å²) in [5.74, 6) is -0.696. The van der Waals surface area contributed by atoms with E-state index in [4.69, 9.17) is 21.1 Å². The molecule has 2 heterocycles. The third kappa shape index (κ3) is 3.97. The van der Waals surface area contributed by atoms with Crippen LogP contribution in [0.2, 0.25) is 5.02 Å². The minimum Gasteiger partial charge on any atom is -0.507 e. The number of ether oxygens (including phenoxy) is 2. The van der Waals surface area contributed by atoms with Crippen molar-refractivity contribution in [2.45, 2.75) is 12.6 Å². The monoisotopic (exact) mass is 469 g/mol. The predicted molar refractivity (Wildman–Crippen MR) is 123 cm³/mol. The van der Waals surface area contributed by atoms with Crippen molar-refractivity contribution in [2.75, 3.05) is 14.2 Å². The molecule has 0 bridgehead atoms. The van der Waals surface area contributed by atoms with Crippen molar-refractivity contribution in [2.24, 2.45) is 0 Å². The molecule has 1 aliphatic rings. The fourth-order valence-corrected chi connectivity index (χ4v) is 4.57. The van der Waals surface area contributed by atoms with Gasteiger partial charge in [0.2, 0.25) is 0 Å². The van der Waals surface area contributed by atoms with E-state index in [0.29, 0.717) is 27.6 Å². The van der Waals surface area contributed by atoms with Gasteiger partial charge in [0.05, 0.1) is 32.4 Å². The number of carbonyl (C=O) groups is 2. The topological polar surface area (TPSA) is 76.1 Å². The van der Waals surface area contributed by atoms with Gasteiger partial charge in [-0.05, 0) is 53.4 Å². The van der Waals surface area contributed by atoms with Crippen molar-refractivity contribution < 1.29 is 24.2 Å². The van der Waals surface area contributed by atoms with Gasteiger partial charge >= 0.3 is 0 Å². The molecule has 1 aromatic heterocycles. The predicted octanol–water partition coefficient (Wildman–Crippen LogP) is 5.04. The first-order valence-corrected chi connectivity index (χ1v) is 11.0. The highest BCUT2D eigenvalue weighted by Crippen LogP contribution is 2.42. The number of hydrogen-bond acceptors (Lipinski definition) is 6. The Morgan fingerprint density at radius 1 is 1.06 bits per heavy atom. The zero-order valence-electron chi connectivity index (χ0n) is 17.4. The second-order valence-electron chi connectivity index (χ2n) is 7.13. The summed E-state index contributed by atoms with van der Waals surface area (Å²) < 4.78 is 10.7. The summed E-state index contributed by atoms with van der Waals surface area (Å²) in [5.41, 5.74) is 1.03.